The third kappa shape index (κ3) is 2.67. The number of benzene rings is 1. The second-order valence-electron chi connectivity index (χ2n) is 5.57. The molecule has 3 rings (SSSR count). The van der Waals surface area contributed by atoms with Crippen molar-refractivity contribution in [3.05, 3.63) is 41.2 Å². The Kier molecular flexibility index (Phi) is 4.04. The van der Waals surface area contributed by atoms with Crippen LogP contribution in [0.3, 0.4) is 0 Å². The largest absolute Gasteiger partial charge is 0.496 e. The lowest BCUT2D eigenvalue weighted by molar-refractivity contribution is 0.0843. The molecule has 0 spiro atoms. The van der Waals surface area contributed by atoms with Crippen LogP contribution < -0.4 is 9.47 Å². The predicted molar refractivity (Wildman–Crippen MR) is 81.8 cm³/mol. The topological polar surface area (TPSA) is 59.8 Å². The average molecular weight is 303 g/mol. The Morgan fingerprint density at radius 2 is 2.00 bits per heavy atom. The highest BCUT2D eigenvalue weighted by Gasteiger charge is 2.29. The van der Waals surface area contributed by atoms with Gasteiger partial charge < -0.3 is 14.6 Å². The molecule has 0 fully saturated rings. The summed E-state index contributed by atoms with van der Waals surface area (Å²) in [5, 5.41) is 14.7. The molecule has 118 valence electrons. The summed E-state index contributed by atoms with van der Waals surface area (Å²) in [5.74, 6) is 1.50. The van der Waals surface area contributed by atoms with Gasteiger partial charge in [-0.2, -0.15) is 5.10 Å². The number of aliphatic hydroxyl groups excluding tert-OH is 1. The molecular weight excluding hydrogens is 282 g/mol. The number of nitrogens with zero attached hydrogens (tertiary/aromatic N) is 3. The lowest BCUT2D eigenvalue weighted by Crippen LogP contribution is -2.33. The number of β-amino-alcohol motifs (C(OH)–C–C–N with tert-alkyl or cyclic N) is 1. The normalized spacial score (nSPS) is 18.1. The molecule has 6 heteroatoms. The van der Waals surface area contributed by atoms with Gasteiger partial charge in [0, 0.05) is 49.6 Å². The molecule has 1 aliphatic rings. The van der Waals surface area contributed by atoms with Gasteiger partial charge in [-0.3, -0.25) is 9.58 Å². The summed E-state index contributed by atoms with van der Waals surface area (Å²) in [5.41, 5.74) is 2.95. The molecule has 0 amide bonds. The number of fused-ring (bicyclic) bond motifs is 1. The lowest BCUT2D eigenvalue weighted by atomic mass is 9.95. The number of ether oxygens (including phenoxy) is 2. The van der Waals surface area contributed by atoms with Crippen LogP contribution in [0.2, 0.25) is 0 Å². The van der Waals surface area contributed by atoms with Crippen molar-refractivity contribution in [1.82, 2.24) is 14.7 Å². The van der Waals surface area contributed by atoms with Crippen LogP contribution in [0, 0.1) is 0 Å². The number of aryl methyl sites for hydroxylation is 1. The molecule has 0 radical (unpaired) electrons. The van der Waals surface area contributed by atoms with E-state index in [9.17, 15) is 5.11 Å². The van der Waals surface area contributed by atoms with Crippen molar-refractivity contribution >= 4 is 0 Å². The van der Waals surface area contributed by atoms with E-state index >= 15 is 0 Å². The van der Waals surface area contributed by atoms with Crippen molar-refractivity contribution in [2.45, 2.75) is 19.2 Å². The Labute approximate surface area is 129 Å². The fraction of sp³-hybridized carbons (Fsp3) is 0.438. The molecule has 1 aliphatic heterocycles. The summed E-state index contributed by atoms with van der Waals surface area (Å²) in [6.45, 7) is 2.01. The Hall–Kier alpha value is -2.05. The second-order valence-corrected chi connectivity index (χ2v) is 5.57. The smallest absolute Gasteiger partial charge is 0.125 e. The van der Waals surface area contributed by atoms with Crippen LogP contribution in [0.1, 0.15) is 22.8 Å². The van der Waals surface area contributed by atoms with Crippen LogP contribution in [-0.2, 0) is 20.1 Å². The molecule has 0 aliphatic carbocycles. The van der Waals surface area contributed by atoms with Gasteiger partial charge in [-0.25, -0.2) is 0 Å². The highest BCUT2D eigenvalue weighted by atomic mass is 16.5. The van der Waals surface area contributed by atoms with E-state index in [1.54, 1.807) is 18.9 Å². The number of rotatable bonds is 4. The van der Waals surface area contributed by atoms with E-state index in [4.69, 9.17) is 9.47 Å². The fourth-order valence-electron chi connectivity index (χ4n) is 3.08. The van der Waals surface area contributed by atoms with Gasteiger partial charge in [0.15, 0.2) is 0 Å². The van der Waals surface area contributed by atoms with Crippen LogP contribution in [0.4, 0.5) is 0 Å². The SMILES string of the molecule is COc1ccc(OC)c2c1CN(Cc1cnn(C)c1)CC2O. The first kappa shape index (κ1) is 14.9. The van der Waals surface area contributed by atoms with Gasteiger partial charge in [0.1, 0.15) is 11.5 Å². The number of aromatic nitrogens is 2. The zero-order valence-corrected chi connectivity index (χ0v) is 13.1. The van der Waals surface area contributed by atoms with Gasteiger partial charge in [0.25, 0.3) is 0 Å². The third-order valence-corrected chi connectivity index (χ3v) is 4.02. The van der Waals surface area contributed by atoms with E-state index in [-0.39, 0.29) is 0 Å². The molecule has 22 heavy (non-hydrogen) atoms. The molecule has 1 N–H and O–H groups in total. The molecule has 1 aromatic carbocycles. The summed E-state index contributed by atoms with van der Waals surface area (Å²) in [6, 6.07) is 3.73. The highest BCUT2D eigenvalue weighted by Crippen LogP contribution is 2.39. The molecule has 0 saturated heterocycles. The lowest BCUT2D eigenvalue weighted by Gasteiger charge is -2.33. The Balaban J connectivity index is 1.90. The molecule has 2 heterocycles. The molecule has 0 bridgehead atoms. The first-order chi connectivity index (χ1) is 10.6. The molecule has 6 nitrogen and oxygen atoms in total. The van der Waals surface area contributed by atoms with Gasteiger partial charge in [0.2, 0.25) is 0 Å². The van der Waals surface area contributed by atoms with E-state index < -0.39 is 6.10 Å². The monoisotopic (exact) mass is 303 g/mol. The van der Waals surface area contributed by atoms with Crippen LogP contribution in [-0.4, -0.2) is 40.6 Å². The van der Waals surface area contributed by atoms with E-state index in [0.717, 1.165) is 29.0 Å². The van der Waals surface area contributed by atoms with Crippen molar-refractivity contribution in [2.24, 2.45) is 7.05 Å². The zero-order chi connectivity index (χ0) is 15.7. The van der Waals surface area contributed by atoms with Crippen molar-refractivity contribution in [3.63, 3.8) is 0 Å². The third-order valence-electron chi connectivity index (χ3n) is 4.02. The summed E-state index contributed by atoms with van der Waals surface area (Å²) in [6.07, 6.45) is 3.25. The van der Waals surface area contributed by atoms with Crippen molar-refractivity contribution < 1.29 is 14.6 Å². The van der Waals surface area contributed by atoms with Gasteiger partial charge >= 0.3 is 0 Å². The van der Waals surface area contributed by atoms with Gasteiger partial charge in [-0.1, -0.05) is 0 Å². The Morgan fingerprint density at radius 1 is 1.27 bits per heavy atom. The summed E-state index contributed by atoms with van der Waals surface area (Å²) in [7, 11) is 5.17. The van der Waals surface area contributed by atoms with Gasteiger partial charge in [-0.05, 0) is 12.1 Å². The standard InChI is InChI=1S/C16H21N3O3/c1-18-7-11(6-17-18)8-19-9-12-14(21-2)4-5-15(22-3)16(12)13(20)10-19/h4-7,13,20H,8-10H2,1-3H3. The minimum absolute atomic E-state index is 0.561. The first-order valence-electron chi connectivity index (χ1n) is 7.24. The molecule has 1 atom stereocenters. The predicted octanol–water partition coefficient (Wildman–Crippen LogP) is 1.49. The zero-order valence-electron chi connectivity index (χ0n) is 13.1. The first-order valence-corrected chi connectivity index (χ1v) is 7.24. The number of hydrogen-bond donors (Lipinski definition) is 1. The summed E-state index contributed by atoms with van der Waals surface area (Å²) < 4.78 is 12.6. The maximum absolute atomic E-state index is 10.5. The second kappa shape index (κ2) is 5.98. The molecule has 0 saturated carbocycles. The van der Waals surface area contributed by atoms with E-state index in [0.29, 0.717) is 18.8 Å². The number of hydrogen-bond acceptors (Lipinski definition) is 5. The van der Waals surface area contributed by atoms with E-state index in [1.807, 2.05) is 31.6 Å². The molecule has 2 aromatic rings. The van der Waals surface area contributed by atoms with Crippen LogP contribution in [0.15, 0.2) is 24.5 Å². The van der Waals surface area contributed by atoms with Crippen LogP contribution in [0.5, 0.6) is 11.5 Å². The summed E-state index contributed by atoms with van der Waals surface area (Å²) in [4.78, 5) is 2.19. The minimum atomic E-state index is -0.592. The number of aliphatic hydroxyl groups is 1. The molecule has 1 unspecified atom stereocenters. The molecular formula is C16H21N3O3. The fourth-order valence-corrected chi connectivity index (χ4v) is 3.08. The Morgan fingerprint density at radius 3 is 2.64 bits per heavy atom. The van der Waals surface area contributed by atoms with Gasteiger partial charge in [-0.15, -0.1) is 0 Å². The maximum Gasteiger partial charge on any atom is 0.125 e. The van der Waals surface area contributed by atoms with Crippen LogP contribution in [0.25, 0.3) is 0 Å². The van der Waals surface area contributed by atoms with Crippen molar-refractivity contribution in [3.8, 4) is 11.5 Å². The highest BCUT2D eigenvalue weighted by molar-refractivity contribution is 5.51. The average Bonchev–Trinajstić information content (AvgIpc) is 2.91. The van der Waals surface area contributed by atoms with E-state index in [2.05, 4.69) is 10.00 Å². The van der Waals surface area contributed by atoms with Crippen molar-refractivity contribution in [1.29, 1.82) is 0 Å². The van der Waals surface area contributed by atoms with E-state index in [1.165, 1.54) is 0 Å². The minimum Gasteiger partial charge on any atom is -0.496 e. The van der Waals surface area contributed by atoms with Crippen LogP contribution >= 0.6 is 0 Å². The van der Waals surface area contributed by atoms with Gasteiger partial charge in [0.05, 0.1) is 26.5 Å². The maximum atomic E-state index is 10.5. The number of methoxy groups -OCH3 is 2. The summed E-state index contributed by atoms with van der Waals surface area (Å²) >= 11 is 0. The van der Waals surface area contributed by atoms with Crippen molar-refractivity contribution in [2.75, 3.05) is 20.8 Å². The quantitative estimate of drug-likeness (QED) is 0.927. The molecule has 1 aromatic heterocycles. The Bertz CT molecular complexity index is 669.